The molecule has 4 nitrogen and oxygen atoms in total. The third-order valence-electron chi connectivity index (χ3n) is 12.0. The highest BCUT2D eigenvalue weighted by atomic mass is 35.5. The topological polar surface area (TPSA) is 66.7 Å². The number of halogens is 2. The van der Waals surface area contributed by atoms with E-state index in [-0.39, 0.29) is 33.5 Å². The average molecular weight is 811 g/mol. The van der Waals surface area contributed by atoms with Crippen LogP contribution >= 0.6 is 23.2 Å². The van der Waals surface area contributed by atoms with Crippen molar-refractivity contribution < 1.29 is 14.7 Å². The van der Waals surface area contributed by atoms with Gasteiger partial charge in [0.1, 0.15) is 5.54 Å². The molecule has 2 aromatic rings. The number of hydrogen-bond acceptors (Lipinski definition) is 3. The van der Waals surface area contributed by atoms with Crippen molar-refractivity contribution in [2.45, 2.75) is 172 Å². The van der Waals surface area contributed by atoms with E-state index in [1.807, 2.05) is 56.3 Å². The maximum atomic E-state index is 12.5. The highest BCUT2D eigenvalue weighted by Gasteiger charge is 2.48. The van der Waals surface area contributed by atoms with Crippen molar-refractivity contribution in [3.8, 4) is 0 Å². The lowest BCUT2D eigenvalue weighted by Crippen LogP contribution is -2.46. The lowest BCUT2D eigenvalue weighted by Gasteiger charge is -2.43. The van der Waals surface area contributed by atoms with Crippen LogP contribution in [0.15, 0.2) is 66.7 Å². The van der Waals surface area contributed by atoms with Gasteiger partial charge in [-0.2, -0.15) is 4.99 Å². The van der Waals surface area contributed by atoms with Gasteiger partial charge in [0, 0.05) is 21.9 Å². The van der Waals surface area contributed by atoms with E-state index < -0.39 is 16.9 Å². The van der Waals surface area contributed by atoms with Crippen molar-refractivity contribution >= 4 is 35.3 Å². The van der Waals surface area contributed by atoms with Gasteiger partial charge in [-0.25, -0.2) is 4.79 Å². The SMILES string of the molecule is C=CC(C(C)(C)CCCC)C(C)(C(=O)O)c1ccc(CCC(C)(C)C)c(Cl)c1.C=CC(C(C)(C)CCCC)C(C)(N=C=O)c1ccc(CCC(C)(C)C)c(Cl)c1. The highest BCUT2D eigenvalue weighted by molar-refractivity contribution is 6.31. The number of carboxylic acid groups (broad SMARTS) is 1. The van der Waals surface area contributed by atoms with E-state index in [1.165, 1.54) is 0 Å². The first-order chi connectivity index (χ1) is 25.7. The number of isocyanates is 1. The third kappa shape index (κ3) is 14.3. The van der Waals surface area contributed by atoms with Gasteiger partial charge in [0.25, 0.3) is 0 Å². The minimum Gasteiger partial charge on any atom is -0.481 e. The first kappa shape index (κ1) is 51.4. The van der Waals surface area contributed by atoms with E-state index in [1.54, 1.807) is 0 Å². The zero-order valence-corrected chi connectivity index (χ0v) is 39.2. The van der Waals surface area contributed by atoms with Gasteiger partial charge >= 0.3 is 5.97 Å². The normalized spacial score (nSPS) is 15.6. The molecule has 4 unspecified atom stereocenters. The molecule has 1 N–H and O–H groups in total. The predicted molar refractivity (Wildman–Crippen MR) is 243 cm³/mol. The van der Waals surface area contributed by atoms with Crippen molar-refractivity contribution in [2.24, 2.45) is 38.5 Å². The molecular formula is C50H77Cl2NO3. The minimum absolute atomic E-state index is 0.00973. The number of carbonyl (C=O) groups excluding carboxylic acids is 1. The van der Waals surface area contributed by atoms with Crippen molar-refractivity contribution in [3.05, 3.63) is 94.0 Å². The Morgan fingerprint density at radius 3 is 1.43 bits per heavy atom. The molecule has 56 heavy (non-hydrogen) atoms. The fraction of sp³-hybridized carbons (Fsp3) is 0.640. The van der Waals surface area contributed by atoms with Crippen molar-refractivity contribution in [1.29, 1.82) is 0 Å². The summed E-state index contributed by atoms with van der Waals surface area (Å²) >= 11 is 13.2. The highest BCUT2D eigenvalue weighted by Crippen LogP contribution is 2.49. The van der Waals surface area contributed by atoms with Crippen LogP contribution in [0.3, 0.4) is 0 Å². The van der Waals surface area contributed by atoms with E-state index in [9.17, 15) is 14.7 Å². The molecule has 0 aliphatic carbocycles. The van der Waals surface area contributed by atoms with Gasteiger partial charge in [-0.05, 0) is 108 Å². The number of rotatable bonds is 20. The van der Waals surface area contributed by atoms with Crippen LogP contribution in [0.2, 0.25) is 10.0 Å². The Morgan fingerprint density at radius 2 is 1.09 bits per heavy atom. The van der Waals surface area contributed by atoms with Crippen LogP contribution in [0.1, 0.15) is 171 Å². The van der Waals surface area contributed by atoms with Crippen molar-refractivity contribution in [2.75, 3.05) is 0 Å². The van der Waals surface area contributed by atoms with E-state index in [0.717, 1.165) is 91.5 Å². The summed E-state index contributed by atoms with van der Waals surface area (Å²) in [6.07, 6.45) is 15.9. The Labute approximate surface area is 353 Å². The summed E-state index contributed by atoms with van der Waals surface area (Å²) < 4.78 is 0. The van der Waals surface area contributed by atoms with Gasteiger partial charge in [0.2, 0.25) is 6.08 Å². The van der Waals surface area contributed by atoms with Gasteiger partial charge < -0.3 is 5.11 Å². The molecule has 0 saturated carbocycles. The van der Waals surface area contributed by atoms with Crippen LogP contribution in [0.4, 0.5) is 0 Å². The van der Waals surface area contributed by atoms with Crippen LogP contribution in [-0.2, 0) is 33.4 Å². The van der Waals surface area contributed by atoms with Gasteiger partial charge in [0.15, 0.2) is 0 Å². The summed E-state index contributed by atoms with van der Waals surface area (Å²) in [7, 11) is 0. The molecule has 2 aromatic carbocycles. The molecule has 4 atom stereocenters. The Bertz CT molecular complexity index is 1530. The molecule has 0 aromatic heterocycles. The molecule has 0 amide bonds. The fourth-order valence-corrected chi connectivity index (χ4v) is 8.77. The zero-order valence-electron chi connectivity index (χ0n) is 37.7. The summed E-state index contributed by atoms with van der Waals surface area (Å²) in [5, 5.41) is 11.7. The molecule has 0 radical (unpaired) electrons. The number of allylic oxidation sites excluding steroid dienone is 1. The Balaban J connectivity index is 0.000000560. The summed E-state index contributed by atoms with van der Waals surface area (Å²) in [6, 6.07) is 11.9. The second-order valence-electron chi connectivity index (χ2n) is 20.2. The predicted octanol–water partition coefficient (Wildman–Crippen LogP) is 15.6. The standard InChI is InChI=1S/C25H38ClNO.C25H39ClO2/c1-9-11-15-24(6,7)22(10-2)25(8,27-18-28)20-13-12-19(21(26)17-20)14-16-23(3,4)5;1-9-11-15-24(6,7)21(10-2)25(8,22(27)28)19-13-12-18(20(26)17-19)14-16-23(3,4)5/h10,12-13,17,22H,2,9,11,14-16H2,1,3-8H3;10,12-13,17,21H,2,9,11,14-16H2,1,3-8H3,(H,27,28). The number of carboxylic acids is 1. The number of unbranched alkanes of at least 4 members (excludes halogenated alkanes) is 2. The molecule has 314 valence electrons. The van der Waals surface area contributed by atoms with E-state index in [0.29, 0.717) is 5.02 Å². The largest absolute Gasteiger partial charge is 0.481 e. The van der Waals surface area contributed by atoms with Gasteiger partial charge in [-0.3, -0.25) is 4.79 Å². The Hall–Kier alpha value is -2.65. The molecule has 0 aliphatic rings. The summed E-state index contributed by atoms with van der Waals surface area (Å²) in [4.78, 5) is 28.2. The number of aryl methyl sites for hydroxylation is 2. The summed E-state index contributed by atoms with van der Waals surface area (Å²) in [5.74, 6) is -1.05. The molecule has 0 fully saturated rings. The number of benzene rings is 2. The van der Waals surface area contributed by atoms with E-state index >= 15 is 0 Å². The molecule has 0 saturated heterocycles. The van der Waals surface area contributed by atoms with Crippen molar-refractivity contribution in [3.63, 3.8) is 0 Å². The monoisotopic (exact) mass is 810 g/mol. The van der Waals surface area contributed by atoms with Crippen LogP contribution in [0.25, 0.3) is 0 Å². The lowest BCUT2D eigenvalue weighted by molar-refractivity contribution is -0.146. The third-order valence-corrected chi connectivity index (χ3v) is 12.7. The number of aliphatic carboxylic acids is 1. The number of nitrogens with zero attached hydrogens (tertiary/aromatic N) is 1. The van der Waals surface area contributed by atoms with Gasteiger partial charge in [-0.1, -0.05) is 168 Å². The zero-order chi connectivity index (χ0) is 43.3. The second-order valence-corrected chi connectivity index (χ2v) is 21.0. The Morgan fingerprint density at radius 1 is 0.696 bits per heavy atom. The maximum Gasteiger partial charge on any atom is 0.314 e. The van der Waals surface area contributed by atoms with Crippen LogP contribution in [-0.4, -0.2) is 17.2 Å². The summed E-state index contributed by atoms with van der Waals surface area (Å²) in [6.45, 7) is 38.4. The first-order valence-corrected chi connectivity index (χ1v) is 21.6. The van der Waals surface area contributed by atoms with Crippen LogP contribution < -0.4 is 0 Å². The smallest absolute Gasteiger partial charge is 0.314 e. The number of hydrogen-bond donors (Lipinski definition) is 1. The van der Waals surface area contributed by atoms with E-state index in [2.05, 4.69) is 113 Å². The molecular weight excluding hydrogens is 733 g/mol. The minimum atomic E-state index is -1.08. The molecule has 2 rings (SSSR count). The average Bonchev–Trinajstić information content (AvgIpc) is 3.08. The van der Waals surface area contributed by atoms with E-state index in [4.69, 9.17) is 23.2 Å². The number of aliphatic imine (C=N–C) groups is 1. The molecule has 6 heteroatoms. The molecule has 0 bridgehead atoms. The first-order valence-electron chi connectivity index (χ1n) is 20.9. The van der Waals surface area contributed by atoms with Crippen LogP contribution in [0.5, 0.6) is 0 Å². The maximum absolute atomic E-state index is 12.5. The second kappa shape index (κ2) is 21.4. The van der Waals surface area contributed by atoms with Gasteiger partial charge in [-0.15, -0.1) is 13.2 Å². The fourth-order valence-electron chi connectivity index (χ4n) is 8.22. The van der Waals surface area contributed by atoms with Crippen LogP contribution in [0, 0.1) is 33.5 Å². The summed E-state index contributed by atoms with van der Waals surface area (Å²) in [5.41, 5.74) is 2.34. The molecule has 0 heterocycles. The van der Waals surface area contributed by atoms with Gasteiger partial charge in [0.05, 0.1) is 5.41 Å². The quantitative estimate of drug-likeness (QED) is 0.0823. The lowest BCUT2D eigenvalue weighted by atomic mass is 9.60. The molecule has 0 aliphatic heterocycles. The van der Waals surface area contributed by atoms with Crippen molar-refractivity contribution in [1.82, 2.24) is 0 Å². The number of carbonyl (C=O) groups is 1. The Kier molecular flexibility index (Phi) is 19.6. The molecule has 0 spiro atoms.